The summed E-state index contributed by atoms with van der Waals surface area (Å²) in [6, 6.07) is 26.0. The molecule has 2 aliphatic heterocycles. The summed E-state index contributed by atoms with van der Waals surface area (Å²) >= 11 is 2.66. The predicted molar refractivity (Wildman–Crippen MR) is 229 cm³/mol. The molecule has 0 bridgehead atoms. The molecule has 59 heavy (non-hydrogen) atoms. The summed E-state index contributed by atoms with van der Waals surface area (Å²) in [4.78, 5) is 68.4. The van der Waals surface area contributed by atoms with Crippen molar-refractivity contribution < 1.29 is 33.8 Å². The van der Waals surface area contributed by atoms with E-state index in [2.05, 4.69) is 40.6 Å². The van der Waals surface area contributed by atoms with Crippen LogP contribution < -0.4 is 10.6 Å². The van der Waals surface area contributed by atoms with Gasteiger partial charge < -0.3 is 30.2 Å². The fraction of sp³-hybridized carbons (Fsp3) is 0.167. The third-order valence-corrected chi connectivity index (χ3v) is 10.2. The highest BCUT2D eigenvalue weighted by Crippen LogP contribution is 2.36. The second kappa shape index (κ2) is 20.4. The zero-order chi connectivity index (χ0) is 41.6. The lowest BCUT2D eigenvalue weighted by Gasteiger charge is -2.18. The monoisotopic (exact) mass is 830 g/mol. The van der Waals surface area contributed by atoms with Crippen LogP contribution in [0.1, 0.15) is 57.9 Å². The van der Waals surface area contributed by atoms with Gasteiger partial charge in [-0.3, -0.25) is 24.2 Å². The van der Waals surface area contributed by atoms with E-state index in [0.29, 0.717) is 32.3 Å². The Hall–Kier alpha value is -6.98. The number of hydrogen-bond donors (Lipinski definition) is 4. The van der Waals surface area contributed by atoms with Gasteiger partial charge in [0.2, 0.25) is 11.8 Å². The molecule has 0 spiro atoms. The molecule has 2 atom stereocenters. The Morgan fingerprint density at radius 1 is 0.932 bits per heavy atom. The third-order valence-electron chi connectivity index (χ3n) is 8.40. The van der Waals surface area contributed by atoms with Gasteiger partial charge in [0.1, 0.15) is 24.9 Å². The van der Waals surface area contributed by atoms with Gasteiger partial charge in [-0.2, -0.15) is 4.98 Å². The summed E-state index contributed by atoms with van der Waals surface area (Å²) in [5.74, 6) is 0.218. The first-order valence-electron chi connectivity index (χ1n) is 18.1. The van der Waals surface area contributed by atoms with Crippen LogP contribution >= 0.6 is 23.1 Å². The Labute approximate surface area is 346 Å². The third kappa shape index (κ3) is 11.8. The number of anilines is 1. The summed E-state index contributed by atoms with van der Waals surface area (Å²) in [6.45, 7) is 3.06. The number of allylic oxidation sites excluding steroid dienone is 1. The lowest BCUT2D eigenvalue weighted by atomic mass is 10.1. The number of esters is 2. The lowest BCUT2D eigenvalue weighted by Crippen LogP contribution is -2.21. The predicted octanol–water partition coefficient (Wildman–Crippen LogP) is 7.10. The Morgan fingerprint density at radius 3 is 2.32 bits per heavy atom. The van der Waals surface area contributed by atoms with Crippen LogP contribution in [0.2, 0.25) is 0 Å². The molecule has 2 aliphatic rings. The molecule has 300 valence electrons. The van der Waals surface area contributed by atoms with Gasteiger partial charge in [-0.1, -0.05) is 83.8 Å². The SMILES string of the molecule is CC(=O)OC[C@H](N=C1NC(=O)CS1)c1ccccc1.CC(=O)OC[C@H](Nc1nc(O)c(C=C2C=Nc3ncccc32)s1)c1ccccc1.O=Cc1c[nH]c2ncccc12. The van der Waals surface area contributed by atoms with Crippen molar-refractivity contribution in [2.75, 3.05) is 24.3 Å². The molecule has 1 amide bonds. The normalized spacial score (nSPS) is 14.9. The van der Waals surface area contributed by atoms with Gasteiger partial charge in [-0.15, -0.1) is 0 Å². The maximum Gasteiger partial charge on any atom is 0.302 e. The number of rotatable bonds is 11. The highest BCUT2D eigenvalue weighted by Gasteiger charge is 2.21. The fourth-order valence-electron chi connectivity index (χ4n) is 5.61. The van der Waals surface area contributed by atoms with Gasteiger partial charge in [-0.25, -0.2) is 15.0 Å². The minimum Gasteiger partial charge on any atom is -0.492 e. The summed E-state index contributed by atoms with van der Waals surface area (Å²) in [6.07, 6.45) is 9.41. The average Bonchev–Trinajstić information content (AvgIpc) is 4.05. The minimum absolute atomic E-state index is 0.0527. The molecule has 8 rings (SSSR count). The van der Waals surface area contributed by atoms with Crippen molar-refractivity contribution in [3.63, 3.8) is 0 Å². The number of thioether (sulfide) groups is 1. The van der Waals surface area contributed by atoms with E-state index in [1.54, 1.807) is 24.8 Å². The van der Waals surface area contributed by atoms with Crippen molar-refractivity contribution in [1.82, 2.24) is 25.3 Å². The molecule has 1 saturated heterocycles. The molecule has 0 radical (unpaired) electrons. The molecule has 0 unspecified atom stereocenters. The van der Waals surface area contributed by atoms with E-state index < -0.39 is 0 Å². The largest absolute Gasteiger partial charge is 0.492 e. The zero-order valence-electron chi connectivity index (χ0n) is 31.8. The Kier molecular flexibility index (Phi) is 14.4. The smallest absolute Gasteiger partial charge is 0.302 e. The van der Waals surface area contributed by atoms with Crippen molar-refractivity contribution in [3.8, 4) is 5.88 Å². The van der Waals surface area contributed by atoms with Crippen LogP contribution in [0.15, 0.2) is 114 Å². The average molecular weight is 831 g/mol. The number of aliphatic imine (C=N–C) groups is 2. The number of aromatic amines is 1. The number of ether oxygens (including phenoxy) is 2. The van der Waals surface area contributed by atoms with E-state index in [0.717, 1.165) is 39.6 Å². The van der Waals surface area contributed by atoms with Crippen LogP contribution in [0.5, 0.6) is 5.88 Å². The molecular formula is C42H38N8O7S2. The second-order valence-electron chi connectivity index (χ2n) is 12.6. The van der Waals surface area contributed by atoms with E-state index in [1.165, 1.54) is 36.9 Å². The number of carbonyl (C=O) groups is 4. The number of amidine groups is 1. The molecule has 4 aromatic heterocycles. The molecule has 15 nitrogen and oxygen atoms in total. The van der Waals surface area contributed by atoms with Crippen LogP contribution in [0.3, 0.4) is 0 Å². The van der Waals surface area contributed by atoms with Gasteiger partial charge in [0, 0.05) is 60.7 Å². The number of carbonyl (C=O) groups excluding carboxylic acids is 4. The first-order chi connectivity index (χ1) is 28.7. The first kappa shape index (κ1) is 41.6. The van der Waals surface area contributed by atoms with Crippen molar-refractivity contribution in [2.24, 2.45) is 9.98 Å². The second-order valence-corrected chi connectivity index (χ2v) is 14.6. The van der Waals surface area contributed by atoms with Gasteiger partial charge in [0.25, 0.3) is 0 Å². The molecule has 17 heteroatoms. The Bertz CT molecular complexity index is 2500. The molecule has 0 aliphatic carbocycles. The number of H-pyrrole nitrogens is 1. The Morgan fingerprint density at radius 2 is 1.63 bits per heavy atom. The number of aromatic nitrogens is 4. The number of amides is 1. The van der Waals surface area contributed by atoms with Crippen molar-refractivity contribution >= 4 is 92.2 Å². The summed E-state index contributed by atoms with van der Waals surface area (Å²) in [5.41, 5.74) is 5.08. The van der Waals surface area contributed by atoms with Gasteiger partial charge in [0.15, 0.2) is 22.4 Å². The molecule has 6 heterocycles. The number of aldehydes is 1. The number of hydrogen-bond acceptors (Lipinski definition) is 15. The standard InChI is InChI=1S/C21H18N4O3S.C13H14N2O3S.C8H6N2O/c1-13(26)28-12-17(14-6-3-2-4-7-14)24-21-25-20(27)18(29-21)10-15-11-23-19-16(15)8-5-9-22-19;1-9(16)18-7-11(10-5-3-2-4-6-10)14-13-15-12(17)8-19-13;11-5-6-4-10-8-7(6)2-1-3-9-8/h2-11,17,27H,12H2,1H3,(H,24,25);2-6,11H,7-8H2,1H3,(H,14,15,17);1-5H,(H,9,10)/t17-;11-;/m00./s1. The van der Waals surface area contributed by atoms with E-state index in [-0.39, 0.29) is 49.0 Å². The molecule has 1 fully saturated rings. The maximum absolute atomic E-state index is 11.3. The summed E-state index contributed by atoms with van der Waals surface area (Å²) in [5, 5.41) is 18.2. The number of nitrogens with zero attached hydrogens (tertiary/aromatic N) is 5. The quantitative estimate of drug-likeness (QED) is 0.0761. The van der Waals surface area contributed by atoms with Gasteiger partial charge >= 0.3 is 11.9 Å². The van der Waals surface area contributed by atoms with Crippen LogP contribution in [0.25, 0.3) is 22.7 Å². The van der Waals surface area contributed by atoms with Crippen LogP contribution in [-0.4, -0.2) is 79.5 Å². The van der Waals surface area contributed by atoms with Gasteiger partial charge in [0.05, 0.1) is 16.7 Å². The number of nitrogens with one attached hydrogen (secondary N) is 3. The van der Waals surface area contributed by atoms with E-state index in [1.807, 2.05) is 91.0 Å². The first-order valence-corrected chi connectivity index (χ1v) is 19.9. The number of fused-ring (bicyclic) bond motifs is 2. The molecule has 0 saturated carbocycles. The number of thiazole rings is 1. The van der Waals surface area contributed by atoms with Crippen molar-refractivity contribution in [1.29, 1.82) is 0 Å². The minimum atomic E-state index is -0.354. The van der Waals surface area contributed by atoms with Crippen LogP contribution in [0, 0.1) is 0 Å². The number of aromatic hydroxyl groups is 1. The van der Waals surface area contributed by atoms with Crippen LogP contribution in [-0.2, 0) is 23.9 Å². The summed E-state index contributed by atoms with van der Waals surface area (Å²) < 4.78 is 10.2. The van der Waals surface area contributed by atoms with Crippen molar-refractivity contribution in [2.45, 2.75) is 25.9 Å². The van der Waals surface area contributed by atoms with Gasteiger partial charge in [-0.05, 0) is 41.5 Å². The molecular weight excluding hydrogens is 793 g/mol. The molecule has 2 aromatic carbocycles. The topological polar surface area (TPSA) is 210 Å². The fourth-order valence-corrected chi connectivity index (χ4v) is 7.20. The van der Waals surface area contributed by atoms with E-state index >= 15 is 0 Å². The highest BCUT2D eigenvalue weighted by molar-refractivity contribution is 8.15. The van der Waals surface area contributed by atoms with Crippen molar-refractivity contribution in [3.05, 3.63) is 131 Å². The number of benzene rings is 2. The van der Waals surface area contributed by atoms with E-state index in [9.17, 15) is 24.3 Å². The lowest BCUT2D eigenvalue weighted by molar-refractivity contribution is -0.142. The number of pyridine rings is 2. The highest BCUT2D eigenvalue weighted by atomic mass is 32.2. The van der Waals surface area contributed by atoms with E-state index in [4.69, 9.17) is 9.47 Å². The summed E-state index contributed by atoms with van der Waals surface area (Å²) in [7, 11) is 0. The maximum atomic E-state index is 11.3. The molecule has 4 N–H and O–H groups in total. The zero-order valence-corrected chi connectivity index (χ0v) is 33.4. The Balaban J connectivity index is 0.000000166. The van der Waals surface area contributed by atoms with Crippen LogP contribution in [0.4, 0.5) is 10.9 Å². The molecule has 6 aromatic rings.